The summed E-state index contributed by atoms with van der Waals surface area (Å²) in [7, 11) is 1.69. The molecule has 0 saturated carbocycles. The van der Waals surface area contributed by atoms with E-state index in [1.165, 1.54) is 24.8 Å². The van der Waals surface area contributed by atoms with Gasteiger partial charge in [0.15, 0.2) is 0 Å². The summed E-state index contributed by atoms with van der Waals surface area (Å²) in [6, 6.07) is 6.31. The number of hydrogen-bond donors (Lipinski definition) is 0. The van der Waals surface area contributed by atoms with Gasteiger partial charge in [0.2, 0.25) is 0 Å². The molecule has 7 heteroatoms. The number of amides is 1. The first-order valence-corrected chi connectivity index (χ1v) is 11.6. The van der Waals surface area contributed by atoms with Gasteiger partial charge in [0.05, 0.1) is 0 Å². The van der Waals surface area contributed by atoms with Gasteiger partial charge in [-0.1, -0.05) is 0 Å². The Kier molecular flexibility index (Phi) is 5.79. The van der Waals surface area contributed by atoms with Crippen molar-refractivity contribution in [2.75, 3.05) is 25.1 Å². The molecule has 0 N–H and O–H groups in total. The van der Waals surface area contributed by atoms with Crippen LogP contribution in [0.5, 0.6) is 5.75 Å². The van der Waals surface area contributed by atoms with Crippen molar-refractivity contribution in [2.45, 2.75) is 20.8 Å². The number of carbonyl (C=O) groups excluding carboxylic acids is 1. The van der Waals surface area contributed by atoms with Crippen LogP contribution in [-0.4, -0.2) is 56.3 Å². The number of likely N-dealkylation sites (N-methyl/N-ethyl adjacent to an activating group) is 1. The predicted molar refractivity (Wildman–Crippen MR) is 110 cm³/mol. The first-order chi connectivity index (χ1) is 12.0. The Bertz CT molecular complexity index is 804. The van der Waals surface area contributed by atoms with Crippen LogP contribution in [0.3, 0.4) is 0 Å². The van der Waals surface area contributed by atoms with Gasteiger partial charge in [-0.3, -0.25) is 0 Å². The van der Waals surface area contributed by atoms with E-state index in [-0.39, 0.29) is 5.91 Å². The monoisotopic (exact) mass is 490 g/mol. The third kappa shape index (κ3) is 3.48. The van der Waals surface area contributed by atoms with Crippen LogP contribution in [0.4, 0.5) is 5.69 Å². The Morgan fingerprint density at radius 3 is 2.64 bits per heavy atom. The van der Waals surface area contributed by atoms with E-state index in [4.69, 9.17) is 17.0 Å². The van der Waals surface area contributed by atoms with Crippen molar-refractivity contribution in [3.8, 4) is 5.75 Å². The third-order valence-corrected chi connectivity index (χ3v) is 8.86. The molecule has 0 spiro atoms. The van der Waals surface area contributed by atoms with Gasteiger partial charge >= 0.3 is 169 Å². The van der Waals surface area contributed by atoms with E-state index in [0.29, 0.717) is 10.9 Å². The maximum absolute atomic E-state index is 12.5. The fourth-order valence-corrected chi connectivity index (χ4v) is 7.63. The second kappa shape index (κ2) is 7.71. The van der Waals surface area contributed by atoms with Crippen molar-refractivity contribution < 1.29 is 9.53 Å². The Morgan fingerprint density at radius 1 is 1.32 bits per heavy atom. The number of carbonyl (C=O) groups is 1. The minimum absolute atomic E-state index is 0.0349. The molecule has 132 valence electrons. The van der Waals surface area contributed by atoms with Crippen LogP contribution in [0.1, 0.15) is 20.8 Å². The van der Waals surface area contributed by atoms with Crippen LogP contribution >= 0.6 is 24.0 Å². The van der Waals surface area contributed by atoms with Crippen LogP contribution in [0.15, 0.2) is 38.5 Å². The molecule has 2 aliphatic rings. The standard InChI is InChI=1S/C18H20N2O2S2Te/c1-5-19-13-10-12(22-4)7-8-14(13)25-15(19)9-11(3)16-17(21)20(6-2)18(23)24-16/h7-10H,5-6H2,1-4H3. The minimum atomic E-state index is -0.473. The van der Waals surface area contributed by atoms with E-state index in [2.05, 4.69) is 30.0 Å². The first kappa shape index (κ1) is 18.8. The van der Waals surface area contributed by atoms with Gasteiger partial charge in [-0.15, -0.1) is 0 Å². The number of thiocarbonyl (C=S) groups is 1. The predicted octanol–water partition coefficient (Wildman–Crippen LogP) is 2.86. The molecule has 2 heterocycles. The molecule has 3 rings (SSSR count). The van der Waals surface area contributed by atoms with E-state index < -0.39 is 20.9 Å². The molecule has 25 heavy (non-hydrogen) atoms. The van der Waals surface area contributed by atoms with E-state index in [1.807, 2.05) is 19.9 Å². The fourth-order valence-electron chi connectivity index (χ4n) is 2.81. The molecular weight excluding hydrogens is 468 g/mol. The molecule has 1 amide bonds. The molecule has 1 aromatic rings. The number of rotatable bonds is 4. The van der Waals surface area contributed by atoms with Gasteiger partial charge in [-0.05, 0) is 0 Å². The van der Waals surface area contributed by atoms with Crippen LogP contribution in [0, 0.1) is 0 Å². The summed E-state index contributed by atoms with van der Waals surface area (Å²) in [6.07, 6.45) is 2.18. The number of hydrogen-bond acceptors (Lipinski definition) is 5. The summed E-state index contributed by atoms with van der Waals surface area (Å²) in [5.41, 5.74) is 2.25. The Labute approximate surface area is 168 Å². The van der Waals surface area contributed by atoms with Crippen LogP contribution in [0.2, 0.25) is 0 Å². The van der Waals surface area contributed by atoms with Crippen molar-refractivity contribution in [1.82, 2.24) is 4.90 Å². The Morgan fingerprint density at radius 2 is 2.04 bits per heavy atom. The number of allylic oxidation sites excluding steroid dienone is 2. The van der Waals surface area contributed by atoms with Gasteiger partial charge in [0.25, 0.3) is 0 Å². The summed E-state index contributed by atoms with van der Waals surface area (Å²) in [5.74, 6) is 0.916. The average Bonchev–Trinajstić information content (AvgIpc) is 3.09. The number of fused-ring (bicyclic) bond motifs is 1. The molecule has 4 nitrogen and oxygen atoms in total. The topological polar surface area (TPSA) is 32.8 Å². The van der Waals surface area contributed by atoms with Crippen molar-refractivity contribution in [2.24, 2.45) is 0 Å². The van der Waals surface area contributed by atoms with Gasteiger partial charge < -0.3 is 0 Å². The summed E-state index contributed by atoms with van der Waals surface area (Å²) >= 11 is 6.27. The molecule has 2 aliphatic heterocycles. The zero-order valence-electron chi connectivity index (χ0n) is 14.7. The Balaban J connectivity index is 1.95. The summed E-state index contributed by atoms with van der Waals surface area (Å²) < 4.78 is 8.77. The second-order valence-electron chi connectivity index (χ2n) is 5.59. The second-order valence-corrected chi connectivity index (χ2v) is 10.3. The quantitative estimate of drug-likeness (QED) is 0.370. The molecule has 1 saturated heterocycles. The molecule has 1 aromatic carbocycles. The molecule has 0 radical (unpaired) electrons. The normalized spacial score (nSPS) is 20.6. The number of anilines is 1. The molecule has 0 aliphatic carbocycles. The van der Waals surface area contributed by atoms with Gasteiger partial charge in [0.1, 0.15) is 0 Å². The summed E-state index contributed by atoms with van der Waals surface area (Å²) in [6.45, 7) is 7.65. The van der Waals surface area contributed by atoms with Gasteiger partial charge in [0, 0.05) is 0 Å². The number of thioether (sulfide) groups is 1. The van der Waals surface area contributed by atoms with Crippen LogP contribution < -0.4 is 13.2 Å². The molecule has 0 atom stereocenters. The molecule has 1 fully saturated rings. The van der Waals surface area contributed by atoms with Crippen LogP contribution in [-0.2, 0) is 4.79 Å². The molecule has 0 aromatic heterocycles. The van der Waals surface area contributed by atoms with Gasteiger partial charge in [-0.2, -0.15) is 0 Å². The maximum atomic E-state index is 12.5. The fraction of sp³-hybridized carbons (Fsp3) is 0.333. The van der Waals surface area contributed by atoms with Crippen molar-refractivity contribution in [3.63, 3.8) is 0 Å². The first-order valence-electron chi connectivity index (χ1n) is 8.09. The van der Waals surface area contributed by atoms with E-state index >= 15 is 0 Å². The van der Waals surface area contributed by atoms with E-state index in [9.17, 15) is 4.79 Å². The molecule has 0 bridgehead atoms. The van der Waals surface area contributed by atoms with E-state index in [1.54, 1.807) is 12.0 Å². The molecule has 0 unspecified atom stereocenters. The summed E-state index contributed by atoms with van der Waals surface area (Å²) in [4.78, 5) is 17.3. The number of benzene rings is 1. The van der Waals surface area contributed by atoms with Gasteiger partial charge in [-0.25, -0.2) is 0 Å². The zero-order chi connectivity index (χ0) is 18.1. The van der Waals surface area contributed by atoms with E-state index in [0.717, 1.165) is 22.8 Å². The summed E-state index contributed by atoms with van der Waals surface area (Å²) in [5, 5.41) is 0. The zero-order valence-corrected chi connectivity index (χ0v) is 18.6. The average molecular weight is 488 g/mol. The molecular formula is C18H20N2O2S2Te. The van der Waals surface area contributed by atoms with Crippen molar-refractivity contribution in [1.29, 1.82) is 0 Å². The van der Waals surface area contributed by atoms with Crippen molar-refractivity contribution >= 4 is 64.4 Å². The Hall–Kier alpha value is -1.00. The number of methoxy groups -OCH3 is 1. The number of nitrogens with zero attached hydrogens (tertiary/aromatic N) is 2. The van der Waals surface area contributed by atoms with Crippen LogP contribution in [0.25, 0.3) is 0 Å². The number of ether oxygens (including phenoxy) is 1. The van der Waals surface area contributed by atoms with Crippen molar-refractivity contribution in [3.05, 3.63) is 38.5 Å². The SMILES string of the molecule is CCN1C(=O)C(=C(C)C=C2[Te]c3ccc(OC)cc3N2CC)SC1=S. The third-order valence-electron chi connectivity index (χ3n) is 4.12.